The number of urea groups is 1. The van der Waals surface area contributed by atoms with Gasteiger partial charge in [0.25, 0.3) is 0 Å². The number of aliphatic hydroxyl groups is 1. The van der Waals surface area contributed by atoms with Gasteiger partial charge in [0.1, 0.15) is 15.2 Å². The third kappa shape index (κ3) is 7.41. The summed E-state index contributed by atoms with van der Waals surface area (Å²) in [7, 11) is 0. The molecule has 0 aliphatic carbocycles. The minimum Gasteiger partial charge on any atom is -0.424 e. The molecule has 0 spiro atoms. The van der Waals surface area contributed by atoms with Crippen molar-refractivity contribution >= 4 is 51.5 Å². The molecular formula is C27H22F3IN8O3. The minimum absolute atomic E-state index is 0.0194. The molecule has 5 aromatic rings. The normalized spacial score (nSPS) is 12.9. The van der Waals surface area contributed by atoms with E-state index in [-0.39, 0.29) is 17.4 Å². The number of carbonyl (C=O) groups is 1. The van der Waals surface area contributed by atoms with E-state index in [1.165, 1.54) is 24.5 Å². The zero-order valence-corrected chi connectivity index (χ0v) is 23.9. The van der Waals surface area contributed by atoms with Crippen LogP contribution in [0.15, 0.2) is 79.4 Å². The molecule has 5 rings (SSSR count). The maximum atomic E-state index is 12.9. The maximum absolute atomic E-state index is 12.9. The molecule has 0 aliphatic rings. The second-order valence-corrected chi connectivity index (χ2v) is 11.5. The summed E-state index contributed by atoms with van der Waals surface area (Å²) in [5.41, 5.74) is 1.58. The Morgan fingerprint density at radius 1 is 1.02 bits per heavy atom. The summed E-state index contributed by atoms with van der Waals surface area (Å²) in [5, 5.41) is 22.2. The first kappa shape index (κ1) is 29.0. The summed E-state index contributed by atoms with van der Waals surface area (Å²) >= 11 is 1.94. The Hall–Kier alpha value is -4.51. The zero-order chi connectivity index (χ0) is 29.9. The van der Waals surface area contributed by atoms with Crippen molar-refractivity contribution in [1.82, 2.24) is 24.6 Å². The lowest BCUT2D eigenvalue weighted by molar-refractivity contribution is -0.137. The number of carbonyl (C=O) groups excluding carboxylic acids is 1. The van der Waals surface area contributed by atoms with Crippen molar-refractivity contribution in [2.45, 2.75) is 16.7 Å². The van der Waals surface area contributed by atoms with Gasteiger partial charge in [0, 0.05) is 17.4 Å². The van der Waals surface area contributed by atoms with Crippen LogP contribution in [-0.2, 0) is 6.18 Å². The number of halogens is 4. The quantitative estimate of drug-likeness (QED) is 0.112. The van der Waals surface area contributed by atoms with E-state index in [2.05, 4.69) is 36.0 Å². The van der Waals surface area contributed by atoms with Crippen molar-refractivity contribution in [2.75, 3.05) is 22.5 Å². The van der Waals surface area contributed by atoms with Crippen LogP contribution in [0, 0.1) is 0 Å². The molecule has 1 atom stereocenters. The van der Waals surface area contributed by atoms with Gasteiger partial charge in [-0.05, 0) is 71.5 Å². The van der Waals surface area contributed by atoms with Gasteiger partial charge in [-0.3, -0.25) is 0 Å². The summed E-state index contributed by atoms with van der Waals surface area (Å²) in [4.78, 5) is 25.0. The molecule has 1 unspecified atom stereocenters. The van der Waals surface area contributed by atoms with Crippen molar-refractivity contribution in [1.29, 1.82) is 0 Å². The number of amides is 2. The van der Waals surface area contributed by atoms with Gasteiger partial charge in [-0.15, -0.1) is 0 Å². The third-order valence-corrected chi connectivity index (χ3v) is 6.05. The molecule has 11 nitrogen and oxygen atoms in total. The first-order valence-corrected chi connectivity index (χ1v) is 13.4. The molecule has 0 bridgehead atoms. The molecule has 0 fully saturated rings. The van der Waals surface area contributed by atoms with E-state index in [4.69, 9.17) is 4.74 Å². The minimum atomic E-state index is -4.52. The largest absolute Gasteiger partial charge is 0.424 e. The SMILES string of the molecule is CC(O)(I)CNc1ccn2ncc(-c3ccc(Oc4ncc(NC(=O)Nc5cccc(C(F)(F)F)c5)cn4)cc3)c2n1. The molecule has 3 heterocycles. The summed E-state index contributed by atoms with van der Waals surface area (Å²) in [6.45, 7) is 2.01. The van der Waals surface area contributed by atoms with Crippen molar-refractivity contribution in [3.05, 3.63) is 84.9 Å². The zero-order valence-electron chi connectivity index (χ0n) is 21.7. The van der Waals surface area contributed by atoms with Gasteiger partial charge >= 0.3 is 18.2 Å². The van der Waals surface area contributed by atoms with Crippen molar-refractivity contribution < 1.29 is 27.8 Å². The van der Waals surface area contributed by atoms with Gasteiger partial charge in [0.05, 0.1) is 36.4 Å². The molecule has 4 N–H and O–H groups in total. The Labute approximate surface area is 250 Å². The number of hydrogen-bond donors (Lipinski definition) is 4. The Morgan fingerprint density at radius 3 is 2.43 bits per heavy atom. The monoisotopic (exact) mass is 690 g/mol. The molecule has 0 saturated heterocycles. The van der Waals surface area contributed by atoms with E-state index in [1.807, 2.05) is 34.7 Å². The predicted octanol–water partition coefficient (Wildman–Crippen LogP) is 6.20. The van der Waals surface area contributed by atoms with Crippen LogP contribution in [0.2, 0.25) is 0 Å². The number of alkyl halides is 4. The van der Waals surface area contributed by atoms with Crippen LogP contribution >= 0.6 is 22.6 Å². The Kier molecular flexibility index (Phi) is 8.13. The van der Waals surface area contributed by atoms with Crippen LogP contribution in [-0.4, -0.2) is 45.9 Å². The van der Waals surface area contributed by atoms with Gasteiger partial charge in [0.2, 0.25) is 0 Å². The van der Waals surface area contributed by atoms with E-state index in [9.17, 15) is 23.1 Å². The molecule has 0 saturated carbocycles. The molecule has 42 heavy (non-hydrogen) atoms. The molecule has 15 heteroatoms. The van der Waals surface area contributed by atoms with Crippen LogP contribution in [0.3, 0.4) is 0 Å². The van der Waals surface area contributed by atoms with E-state index in [1.54, 1.807) is 42.0 Å². The number of aromatic nitrogens is 5. The van der Waals surface area contributed by atoms with E-state index >= 15 is 0 Å². The number of nitrogens with one attached hydrogen (secondary N) is 3. The molecule has 3 aromatic heterocycles. The highest BCUT2D eigenvalue weighted by Gasteiger charge is 2.30. The average molecular weight is 690 g/mol. The molecule has 2 aromatic carbocycles. The van der Waals surface area contributed by atoms with Gasteiger partial charge in [-0.25, -0.2) is 24.3 Å². The van der Waals surface area contributed by atoms with Crippen molar-refractivity contribution in [2.24, 2.45) is 0 Å². The second-order valence-electron chi connectivity index (χ2n) is 9.17. The molecule has 216 valence electrons. The summed E-state index contributed by atoms with van der Waals surface area (Å²) in [6.07, 6.45) is 1.56. The summed E-state index contributed by atoms with van der Waals surface area (Å²) in [6, 6.07) is 12.4. The van der Waals surface area contributed by atoms with Gasteiger partial charge in [0.15, 0.2) is 5.65 Å². The van der Waals surface area contributed by atoms with Crippen LogP contribution in [0.4, 0.5) is 35.2 Å². The fourth-order valence-corrected chi connectivity index (χ4v) is 3.92. The number of nitrogens with zero attached hydrogens (tertiary/aromatic N) is 5. The molecule has 0 aliphatic heterocycles. The fourth-order valence-electron chi connectivity index (χ4n) is 3.73. The topological polar surface area (TPSA) is 139 Å². The number of benzene rings is 2. The van der Waals surface area contributed by atoms with Gasteiger partial charge < -0.3 is 25.8 Å². The van der Waals surface area contributed by atoms with Crippen molar-refractivity contribution in [3.63, 3.8) is 0 Å². The van der Waals surface area contributed by atoms with Crippen LogP contribution < -0.4 is 20.7 Å². The van der Waals surface area contributed by atoms with Gasteiger partial charge in [-0.2, -0.15) is 18.3 Å². The first-order chi connectivity index (χ1) is 19.9. The third-order valence-electron chi connectivity index (χ3n) is 5.67. The van der Waals surface area contributed by atoms with Gasteiger partial charge in [-0.1, -0.05) is 18.2 Å². The number of hydrogen-bond acceptors (Lipinski definition) is 8. The maximum Gasteiger partial charge on any atom is 0.416 e. The highest BCUT2D eigenvalue weighted by molar-refractivity contribution is 14.1. The molecular weight excluding hydrogens is 668 g/mol. The van der Waals surface area contributed by atoms with Crippen LogP contribution in [0.5, 0.6) is 11.8 Å². The summed E-state index contributed by atoms with van der Waals surface area (Å²) in [5.74, 6) is 1.06. The highest BCUT2D eigenvalue weighted by atomic mass is 127. The second kappa shape index (κ2) is 11.8. The average Bonchev–Trinajstić information content (AvgIpc) is 3.36. The fraction of sp³-hybridized carbons (Fsp3) is 0.148. The molecule has 0 radical (unpaired) electrons. The lowest BCUT2D eigenvalue weighted by Gasteiger charge is -2.16. The lowest BCUT2D eigenvalue weighted by Crippen LogP contribution is -2.26. The highest BCUT2D eigenvalue weighted by Crippen LogP contribution is 2.31. The smallest absolute Gasteiger partial charge is 0.416 e. The number of ether oxygens (including phenoxy) is 1. The molecule has 2 amide bonds. The number of rotatable bonds is 8. The van der Waals surface area contributed by atoms with E-state index in [0.717, 1.165) is 23.3 Å². The van der Waals surface area contributed by atoms with E-state index in [0.29, 0.717) is 23.8 Å². The van der Waals surface area contributed by atoms with Crippen molar-refractivity contribution in [3.8, 4) is 22.9 Å². The Balaban J connectivity index is 1.20. The standard InChI is InChI=1S/C27H22F3IN8O3/c1-26(31,41)15-34-22-9-10-39-23(38-22)21(14-35-39)16-5-7-20(8-6-16)42-25-32-12-19(13-33-25)37-24(40)36-18-4-2-3-17(11-18)27(28,29)30/h2-14,41H,15H2,1H3,(H,34,38)(H2,36,37,40). The Morgan fingerprint density at radius 2 is 1.74 bits per heavy atom. The summed E-state index contributed by atoms with van der Waals surface area (Å²) < 4.78 is 45.1. The first-order valence-electron chi connectivity index (χ1n) is 12.3. The predicted molar refractivity (Wildman–Crippen MR) is 158 cm³/mol. The lowest BCUT2D eigenvalue weighted by atomic mass is 10.1. The Bertz CT molecular complexity index is 1710. The van der Waals surface area contributed by atoms with Crippen LogP contribution in [0.25, 0.3) is 16.8 Å². The number of fused-ring (bicyclic) bond motifs is 1. The van der Waals surface area contributed by atoms with Crippen LogP contribution in [0.1, 0.15) is 12.5 Å². The number of anilines is 3. The van der Waals surface area contributed by atoms with E-state index < -0.39 is 21.4 Å².